The fourth-order valence-electron chi connectivity index (χ4n) is 1.69. The predicted octanol–water partition coefficient (Wildman–Crippen LogP) is -1.95. The molecule has 1 aromatic carbocycles. The molecule has 0 atom stereocenters. The zero-order valence-electron chi connectivity index (χ0n) is 9.28. The molecule has 1 saturated heterocycles. The SMILES string of the molecule is C[I-]c1cccc(C(=O)N2CCOCC2)c1. The first kappa shape index (κ1) is 11.9. The molecule has 1 fully saturated rings. The molecule has 1 heterocycles. The summed E-state index contributed by atoms with van der Waals surface area (Å²) in [6.45, 7) is 2.74. The summed E-state index contributed by atoms with van der Waals surface area (Å²) in [4.78, 5) is 16.2. The van der Waals surface area contributed by atoms with Crippen LogP contribution in [0.2, 0.25) is 0 Å². The number of benzene rings is 1. The zero-order valence-corrected chi connectivity index (χ0v) is 11.4. The zero-order chi connectivity index (χ0) is 11.4. The monoisotopic (exact) mass is 332 g/mol. The van der Waals surface area contributed by atoms with E-state index in [0.29, 0.717) is 26.3 Å². The number of hydrogen-bond acceptors (Lipinski definition) is 2. The quantitative estimate of drug-likeness (QED) is 0.465. The van der Waals surface area contributed by atoms with Gasteiger partial charge in [-0.15, -0.1) is 0 Å². The Bertz CT molecular complexity index is 375. The standard InChI is InChI=1S/C12H15INO2/c1-13-11-4-2-3-10(9-11)12(15)14-5-7-16-8-6-14/h2-4,9H,5-8H2,1H3/q-1. The van der Waals surface area contributed by atoms with Crippen LogP contribution >= 0.6 is 0 Å². The van der Waals surface area contributed by atoms with Crippen LogP contribution < -0.4 is 21.2 Å². The van der Waals surface area contributed by atoms with Gasteiger partial charge in [0, 0.05) is 0 Å². The molecule has 0 bridgehead atoms. The molecule has 4 heteroatoms. The molecule has 16 heavy (non-hydrogen) atoms. The van der Waals surface area contributed by atoms with E-state index in [0.717, 1.165) is 5.56 Å². The first-order valence-electron chi connectivity index (χ1n) is 5.28. The van der Waals surface area contributed by atoms with Gasteiger partial charge in [0.15, 0.2) is 0 Å². The molecule has 0 aromatic heterocycles. The van der Waals surface area contributed by atoms with Crippen LogP contribution in [0.4, 0.5) is 0 Å². The third-order valence-electron chi connectivity index (χ3n) is 2.59. The molecule has 1 aromatic rings. The van der Waals surface area contributed by atoms with Crippen LogP contribution in [0.5, 0.6) is 0 Å². The third kappa shape index (κ3) is 2.74. The minimum absolute atomic E-state index is 0.0530. The Labute approximate surface area is 106 Å². The molecule has 0 aliphatic carbocycles. The molecule has 88 valence electrons. The van der Waals surface area contributed by atoms with Gasteiger partial charge in [-0.1, -0.05) is 0 Å². The molecular formula is C12H15INO2-. The van der Waals surface area contributed by atoms with Gasteiger partial charge in [-0.25, -0.2) is 0 Å². The molecule has 0 N–H and O–H groups in total. The molecule has 0 radical (unpaired) electrons. The number of rotatable bonds is 2. The van der Waals surface area contributed by atoms with E-state index in [1.54, 1.807) is 0 Å². The van der Waals surface area contributed by atoms with Crippen LogP contribution in [-0.2, 0) is 4.74 Å². The Morgan fingerprint density at radius 2 is 2.12 bits per heavy atom. The fraction of sp³-hybridized carbons (Fsp3) is 0.417. The third-order valence-corrected chi connectivity index (χ3v) is 4.50. The molecule has 0 spiro atoms. The van der Waals surface area contributed by atoms with Crippen LogP contribution in [0.25, 0.3) is 0 Å². The van der Waals surface area contributed by atoms with Crippen molar-refractivity contribution < 1.29 is 30.7 Å². The van der Waals surface area contributed by atoms with E-state index in [1.807, 2.05) is 23.1 Å². The maximum atomic E-state index is 12.2. The average Bonchev–Trinajstić information content (AvgIpc) is 2.39. The van der Waals surface area contributed by atoms with Crippen LogP contribution in [0.15, 0.2) is 24.3 Å². The van der Waals surface area contributed by atoms with Crippen molar-refractivity contribution in [3.8, 4) is 0 Å². The maximum absolute atomic E-state index is 12.2. The van der Waals surface area contributed by atoms with Crippen LogP contribution in [0.3, 0.4) is 0 Å². The first-order valence-corrected chi connectivity index (χ1v) is 8.51. The Kier molecular flexibility index (Phi) is 4.17. The van der Waals surface area contributed by atoms with E-state index in [2.05, 4.69) is 11.0 Å². The second-order valence-electron chi connectivity index (χ2n) is 3.60. The Morgan fingerprint density at radius 1 is 1.38 bits per heavy atom. The van der Waals surface area contributed by atoms with Crippen molar-refractivity contribution in [1.82, 2.24) is 4.90 Å². The van der Waals surface area contributed by atoms with Crippen molar-refractivity contribution in [2.24, 2.45) is 0 Å². The average molecular weight is 332 g/mol. The molecule has 0 saturated carbocycles. The molecule has 2 rings (SSSR count). The van der Waals surface area contributed by atoms with Crippen molar-refractivity contribution in [2.45, 2.75) is 0 Å². The summed E-state index contributed by atoms with van der Waals surface area (Å²) in [6.07, 6.45) is 0. The van der Waals surface area contributed by atoms with Gasteiger partial charge in [-0.2, -0.15) is 0 Å². The van der Waals surface area contributed by atoms with E-state index in [-0.39, 0.29) is 27.1 Å². The van der Waals surface area contributed by atoms with Crippen LogP contribution in [-0.4, -0.2) is 42.0 Å². The van der Waals surface area contributed by atoms with Gasteiger partial charge < -0.3 is 0 Å². The molecule has 1 aliphatic rings. The van der Waals surface area contributed by atoms with Gasteiger partial charge in [0.2, 0.25) is 0 Å². The summed E-state index contributed by atoms with van der Waals surface area (Å²) in [5, 5.41) is 0. The van der Waals surface area contributed by atoms with Gasteiger partial charge in [0.05, 0.1) is 0 Å². The van der Waals surface area contributed by atoms with Crippen LogP contribution in [0.1, 0.15) is 10.4 Å². The van der Waals surface area contributed by atoms with E-state index in [4.69, 9.17) is 4.74 Å². The molecule has 0 unspecified atom stereocenters. The van der Waals surface area contributed by atoms with Gasteiger partial charge in [0.1, 0.15) is 0 Å². The van der Waals surface area contributed by atoms with E-state index in [1.165, 1.54) is 3.57 Å². The van der Waals surface area contributed by atoms with Gasteiger partial charge in [-0.05, 0) is 0 Å². The summed E-state index contributed by atoms with van der Waals surface area (Å²) in [6, 6.07) is 8.02. The summed E-state index contributed by atoms with van der Waals surface area (Å²) in [5.74, 6) is 0.141. The number of carbonyl (C=O) groups excluding carboxylic acids is 1. The Balaban J connectivity index is 2.12. The van der Waals surface area contributed by atoms with E-state index >= 15 is 0 Å². The number of halogens is 1. The fourth-order valence-corrected chi connectivity index (χ4v) is 2.90. The normalized spacial score (nSPS) is 16.4. The van der Waals surface area contributed by atoms with Crippen molar-refractivity contribution in [1.29, 1.82) is 0 Å². The summed E-state index contributed by atoms with van der Waals surface area (Å²) >= 11 is 0.0530. The number of ether oxygens (including phenoxy) is 1. The van der Waals surface area contributed by atoms with Gasteiger partial charge >= 0.3 is 106 Å². The van der Waals surface area contributed by atoms with Gasteiger partial charge in [0.25, 0.3) is 0 Å². The summed E-state index contributed by atoms with van der Waals surface area (Å²) in [5.41, 5.74) is 0.820. The number of morpholine rings is 1. The number of hydrogen-bond donors (Lipinski definition) is 0. The minimum atomic E-state index is 0.0530. The van der Waals surface area contributed by atoms with E-state index < -0.39 is 0 Å². The number of carbonyl (C=O) groups is 1. The topological polar surface area (TPSA) is 29.5 Å². The van der Waals surface area contributed by atoms with Crippen LogP contribution in [0, 0.1) is 3.57 Å². The Hall–Kier alpha value is -0.620. The van der Waals surface area contributed by atoms with Crippen molar-refractivity contribution in [3.05, 3.63) is 33.4 Å². The predicted molar refractivity (Wildman–Crippen MR) is 57.8 cm³/mol. The van der Waals surface area contributed by atoms with Crippen molar-refractivity contribution in [2.75, 3.05) is 31.2 Å². The first-order chi connectivity index (χ1) is 7.81. The molecule has 1 amide bonds. The summed E-state index contributed by atoms with van der Waals surface area (Å²) in [7, 11) is 0. The number of nitrogens with zero attached hydrogens (tertiary/aromatic N) is 1. The molecule has 1 aliphatic heterocycles. The second-order valence-corrected chi connectivity index (χ2v) is 5.93. The summed E-state index contributed by atoms with van der Waals surface area (Å²) < 4.78 is 6.56. The Morgan fingerprint density at radius 3 is 2.81 bits per heavy atom. The molecule has 3 nitrogen and oxygen atoms in total. The van der Waals surface area contributed by atoms with Crippen molar-refractivity contribution in [3.63, 3.8) is 0 Å². The van der Waals surface area contributed by atoms with E-state index in [9.17, 15) is 4.79 Å². The second kappa shape index (κ2) is 5.63. The van der Waals surface area contributed by atoms with Gasteiger partial charge in [-0.3, -0.25) is 0 Å². The van der Waals surface area contributed by atoms with Crippen molar-refractivity contribution >= 4 is 5.91 Å². The number of amides is 1. The molecular weight excluding hydrogens is 317 g/mol. The number of alkyl halides is 1.